The number of H-pyrrole nitrogens is 1. The molecule has 0 unspecified atom stereocenters. The molecule has 176 valence electrons. The van der Waals surface area contributed by atoms with Crippen LogP contribution in [0.5, 0.6) is 5.75 Å². The van der Waals surface area contributed by atoms with E-state index in [9.17, 15) is 14.8 Å². The number of nitriles is 1. The summed E-state index contributed by atoms with van der Waals surface area (Å²) in [5, 5.41) is 31.0. The zero-order valence-corrected chi connectivity index (χ0v) is 19.9. The van der Waals surface area contributed by atoms with Crippen LogP contribution in [0.15, 0.2) is 42.5 Å². The van der Waals surface area contributed by atoms with Crippen molar-refractivity contribution in [2.45, 2.75) is 6.92 Å². The minimum atomic E-state index is -0.652. The first-order valence-corrected chi connectivity index (χ1v) is 10.4. The molecule has 7 nitrogen and oxygen atoms in total. The van der Waals surface area contributed by atoms with E-state index in [-0.39, 0.29) is 47.4 Å². The third-order valence-electron chi connectivity index (χ3n) is 5.84. The van der Waals surface area contributed by atoms with Gasteiger partial charge in [-0.1, -0.05) is 12.1 Å². The fourth-order valence-corrected chi connectivity index (χ4v) is 4.25. The Balaban J connectivity index is 0.00000162. The Kier molecular flexibility index (Phi) is 7.62. The van der Waals surface area contributed by atoms with Gasteiger partial charge in [-0.3, -0.25) is 5.10 Å². The monoisotopic (exact) mass is 500 g/mol. The number of rotatable bonds is 3. The molecule has 4 aromatic rings. The molecule has 1 fully saturated rings. The van der Waals surface area contributed by atoms with E-state index in [2.05, 4.69) is 31.5 Å². The number of pyridine rings is 1. The van der Waals surface area contributed by atoms with Crippen LogP contribution in [0.2, 0.25) is 0 Å². The molecule has 10 heteroatoms. The lowest BCUT2D eigenvalue weighted by atomic mass is 9.93. The zero-order valence-electron chi connectivity index (χ0n) is 18.3. The van der Waals surface area contributed by atoms with Gasteiger partial charge in [-0.25, -0.2) is 9.37 Å². The van der Waals surface area contributed by atoms with Gasteiger partial charge in [0.2, 0.25) is 0 Å². The highest BCUT2D eigenvalue weighted by molar-refractivity contribution is 6.01. The number of aromatic hydroxyl groups is 1. The van der Waals surface area contributed by atoms with Crippen molar-refractivity contribution in [1.29, 1.82) is 5.26 Å². The van der Waals surface area contributed by atoms with Crippen molar-refractivity contribution in [3.8, 4) is 34.2 Å². The Morgan fingerprint density at radius 2 is 1.79 bits per heavy atom. The first-order valence-electron chi connectivity index (χ1n) is 10.4. The number of aromatic nitrogens is 3. The van der Waals surface area contributed by atoms with Crippen LogP contribution >= 0.6 is 24.8 Å². The Labute approximate surface area is 208 Å². The average molecular weight is 501 g/mol. The summed E-state index contributed by atoms with van der Waals surface area (Å²) in [6.07, 6.45) is 0. The Morgan fingerprint density at radius 3 is 2.44 bits per heavy atom. The number of hydrogen-bond donors (Lipinski definition) is 3. The predicted molar refractivity (Wildman–Crippen MR) is 135 cm³/mol. The Bertz CT molecular complexity index is 1360. The molecule has 0 aliphatic carbocycles. The number of nitrogens with one attached hydrogen (secondary N) is 2. The maximum Gasteiger partial charge on any atom is 0.182 e. The molecule has 2 aromatic heterocycles. The summed E-state index contributed by atoms with van der Waals surface area (Å²) < 4.78 is 14.7. The van der Waals surface area contributed by atoms with Crippen molar-refractivity contribution < 1.29 is 9.50 Å². The molecule has 0 spiro atoms. The highest BCUT2D eigenvalue weighted by Crippen LogP contribution is 2.39. The van der Waals surface area contributed by atoms with Gasteiger partial charge in [-0.05, 0) is 36.8 Å². The molecular weight excluding hydrogens is 478 g/mol. The van der Waals surface area contributed by atoms with Crippen LogP contribution in [0.4, 0.5) is 10.1 Å². The van der Waals surface area contributed by atoms with Gasteiger partial charge in [0.15, 0.2) is 5.65 Å². The van der Waals surface area contributed by atoms with Crippen molar-refractivity contribution in [2.75, 3.05) is 31.1 Å². The smallest absolute Gasteiger partial charge is 0.182 e. The lowest BCUT2D eigenvalue weighted by Crippen LogP contribution is -2.43. The molecule has 1 aliphatic rings. The summed E-state index contributed by atoms with van der Waals surface area (Å²) in [5.41, 5.74) is 4.41. The first kappa shape index (κ1) is 25.2. The zero-order chi connectivity index (χ0) is 22.2. The third kappa shape index (κ3) is 4.38. The number of aromatic amines is 1. The average Bonchev–Trinajstić information content (AvgIpc) is 3.19. The summed E-state index contributed by atoms with van der Waals surface area (Å²) in [7, 11) is 0. The molecule has 0 radical (unpaired) electrons. The van der Waals surface area contributed by atoms with Crippen molar-refractivity contribution in [1.82, 2.24) is 20.5 Å². The van der Waals surface area contributed by atoms with Crippen LogP contribution < -0.4 is 10.2 Å². The van der Waals surface area contributed by atoms with Crippen LogP contribution in [0, 0.1) is 24.1 Å². The molecular formula is C24H23Cl2FN6O. The normalized spacial score (nSPS) is 13.1. The molecule has 5 rings (SSSR count). The molecule has 0 amide bonds. The summed E-state index contributed by atoms with van der Waals surface area (Å²) in [4.78, 5) is 6.82. The largest absolute Gasteiger partial charge is 0.508 e. The minimum absolute atomic E-state index is 0. The number of piperazine rings is 1. The van der Waals surface area contributed by atoms with Gasteiger partial charge in [0, 0.05) is 54.8 Å². The number of fused-ring (bicyclic) bond motifs is 1. The minimum Gasteiger partial charge on any atom is -0.508 e. The third-order valence-corrected chi connectivity index (χ3v) is 5.84. The van der Waals surface area contributed by atoms with E-state index < -0.39 is 5.82 Å². The fourth-order valence-electron chi connectivity index (χ4n) is 4.25. The number of phenolic OH excluding ortho intramolecular Hbond substituents is 1. The topological polar surface area (TPSA) is 101 Å². The maximum absolute atomic E-state index is 14.7. The second-order valence-corrected chi connectivity index (χ2v) is 7.82. The molecule has 0 bridgehead atoms. The van der Waals surface area contributed by atoms with Crippen molar-refractivity contribution >= 4 is 41.5 Å². The SMILES string of the molecule is Cc1[nH]nc2nc(-c3ccc(O)cc3F)c(C#N)c(-c3ccc(N4CCNCC4)cc3)c12.Cl.Cl. The fraction of sp³-hybridized carbons (Fsp3) is 0.208. The van der Waals surface area contributed by atoms with Crippen LogP contribution in [0.1, 0.15) is 11.3 Å². The standard InChI is InChI=1S/C24H21FN6O.2ClH/c1-14-21-22(15-2-4-16(5-3-15)31-10-8-27-9-11-31)19(13-26)23(28-24(21)30-29-14)18-7-6-17(32)12-20(18)25;;/h2-7,12,27,32H,8-11H2,1H3,(H,28,29,30);2*1H. The molecule has 0 atom stereocenters. The van der Waals surface area contributed by atoms with Gasteiger partial charge >= 0.3 is 0 Å². The summed E-state index contributed by atoms with van der Waals surface area (Å²) >= 11 is 0. The van der Waals surface area contributed by atoms with Gasteiger partial charge in [0.25, 0.3) is 0 Å². The van der Waals surface area contributed by atoms with E-state index in [1.54, 1.807) is 0 Å². The van der Waals surface area contributed by atoms with Crippen LogP contribution in [-0.2, 0) is 0 Å². The molecule has 0 saturated carbocycles. The van der Waals surface area contributed by atoms with E-state index in [1.165, 1.54) is 12.1 Å². The number of benzene rings is 2. The van der Waals surface area contributed by atoms with E-state index >= 15 is 0 Å². The summed E-state index contributed by atoms with van der Waals surface area (Å²) in [5.74, 6) is -0.842. The predicted octanol–water partition coefficient (Wildman–Crippen LogP) is 4.57. The second-order valence-electron chi connectivity index (χ2n) is 7.82. The molecule has 3 N–H and O–H groups in total. The van der Waals surface area contributed by atoms with Crippen molar-refractivity contribution in [2.24, 2.45) is 0 Å². The van der Waals surface area contributed by atoms with Gasteiger partial charge in [0.1, 0.15) is 17.6 Å². The van der Waals surface area contributed by atoms with Gasteiger partial charge in [-0.15, -0.1) is 24.8 Å². The number of phenols is 1. The maximum atomic E-state index is 14.7. The number of nitrogens with zero attached hydrogens (tertiary/aromatic N) is 4. The number of halogens is 3. The summed E-state index contributed by atoms with van der Waals surface area (Å²) in [6, 6.07) is 14.1. The molecule has 3 heterocycles. The Hall–Kier alpha value is -3.38. The van der Waals surface area contributed by atoms with Crippen molar-refractivity contribution in [3.63, 3.8) is 0 Å². The van der Waals surface area contributed by atoms with Crippen molar-refractivity contribution in [3.05, 3.63) is 59.5 Å². The number of hydrogen-bond acceptors (Lipinski definition) is 6. The summed E-state index contributed by atoms with van der Waals surface area (Å²) in [6.45, 7) is 5.64. The Morgan fingerprint density at radius 1 is 1.09 bits per heavy atom. The highest BCUT2D eigenvalue weighted by Gasteiger charge is 2.23. The number of anilines is 1. The lowest BCUT2D eigenvalue weighted by Gasteiger charge is -2.29. The van der Waals surface area contributed by atoms with E-state index in [0.717, 1.165) is 54.6 Å². The lowest BCUT2D eigenvalue weighted by molar-refractivity contribution is 0.469. The molecule has 2 aromatic carbocycles. The number of aryl methyl sites for hydroxylation is 1. The van der Waals surface area contributed by atoms with Crippen LogP contribution in [0.3, 0.4) is 0 Å². The van der Waals surface area contributed by atoms with Gasteiger partial charge in [0.05, 0.1) is 16.6 Å². The van der Waals surface area contributed by atoms with Crippen LogP contribution in [0.25, 0.3) is 33.4 Å². The van der Waals surface area contributed by atoms with Crippen LogP contribution in [-0.4, -0.2) is 46.5 Å². The molecule has 1 saturated heterocycles. The first-order chi connectivity index (χ1) is 15.6. The van der Waals surface area contributed by atoms with E-state index in [1.807, 2.05) is 31.2 Å². The quantitative estimate of drug-likeness (QED) is 0.380. The highest BCUT2D eigenvalue weighted by atomic mass is 35.5. The van der Waals surface area contributed by atoms with Gasteiger partial charge < -0.3 is 15.3 Å². The molecule has 1 aliphatic heterocycles. The molecule has 34 heavy (non-hydrogen) atoms. The van der Waals surface area contributed by atoms with Gasteiger partial charge in [-0.2, -0.15) is 10.4 Å². The van der Waals surface area contributed by atoms with E-state index in [4.69, 9.17) is 0 Å². The van der Waals surface area contributed by atoms with E-state index in [0.29, 0.717) is 11.2 Å². The second kappa shape index (κ2) is 10.3.